The number of halogens is 2. The number of hydrogen-bond acceptors (Lipinski definition) is 3. The molecule has 1 amide bonds. The highest BCUT2D eigenvalue weighted by Crippen LogP contribution is 2.22. The van der Waals surface area contributed by atoms with Gasteiger partial charge in [-0.25, -0.2) is 0 Å². The van der Waals surface area contributed by atoms with E-state index in [4.69, 9.17) is 11.6 Å². The van der Waals surface area contributed by atoms with Gasteiger partial charge in [-0.05, 0) is 53.0 Å². The summed E-state index contributed by atoms with van der Waals surface area (Å²) in [6, 6.07) is 17.4. The normalized spacial score (nSPS) is 11.0. The fraction of sp³-hybridized carbons (Fsp3) is 0.174. The topological polar surface area (TPSA) is 64.7 Å². The highest BCUT2D eigenvalue weighted by molar-refractivity contribution is 9.10. The Labute approximate surface area is 194 Å². The predicted molar refractivity (Wildman–Crippen MR) is 126 cm³/mol. The number of amides is 1. The van der Waals surface area contributed by atoms with Crippen LogP contribution in [0.5, 0.6) is 0 Å². The average molecular weight is 499 g/mol. The number of aryl methyl sites for hydroxylation is 1. The van der Waals surface area contributed by atoms with Gasteiger partial charge in [-0.1, -0.05) is 54.1 Å². The van der Waals surface area contributed by atoms with Crippen LogP contribution >= 0.6 is 27.5 Å². The second-order valence-electron chi connectivity index (χ2n) is 7.31. The zero-order valence-electron chi connectivity index (χ0n) is 17.1. The molecule has 2 aromatic carbocycles. The molecule has 0 fully saturated rings. The van der Waals surface area contributed by atoms with Gasteiger partial charge in [-0.15, -0.1) is 0 Å². The van der Waals surface area contributed by atoms with Crippen molar-refractivity contribution < 1.29 is 4.79 Å². The minimum absolute atomic E-state index is 0.261. The lowest BCUT2D eigenvalue weighted by Crippen LogP contribution is -2.14. The van der Waals surface area contributed by atoms with Crippen molar-refractivity contribution in [3.05, 3.63) is 98.4 Å². The maximum atomic E-state index is 12.8. The summed E-state index contributed by atoms with van der Waals surface area (Å²) < 4.78 is 4.63. The molecule has 0 saturated heterocycles. The van der Waals surface area contributed by atoms with Crippen molar-refractivity contribution in [1.29, 1.82) is 0 Å². The van der Waals surface area contributed by atoms with E-state index in [9.17, 15) is 4.79 Å². The average Bonchev–Trinajstić information content (AvgIpc) is 3.22. The maximum Gasteiger partial charge on any atom is 0.256 e. The van der Waals surface area contributed by atoms with Crippen LogP contribution < -0.4 is 5.32 Å². The van der Waals surface area contributed by atoms with Crippen LogP contribution in [0.1, 0.15) is 32.9 Å². The van der Waals surface area contributed by atoms with E-state index in [-0.39, 0.29) is 5.91 Å². The Hall–Kier alpha value is -2.90. The lowest BCUT2D eigenvalue weighted by atomic mass is 10.1. The summed E-state index contributed by atoms with van der Waals surface area (Å²) >= 11 is 9.85. The first-order valence-corrected chi connectivity index (χ1v) is 10.9. The molecule has 8 heteroatoms. The van der Waals surface area contributed by atoms with Crippen molar-refractivity contribution in [3.8, 4) is 0 Å². The lowest BCUT2D eigenvalue weighted by molar-refractivity contribution is 0.102. The van der Waals surface area contributed by atoms with E-state index in [1.807, 2.05) is 67.1 Å². The molecule has 1 N–H and O–H groups in total. The number of carbonyl (C=O) groups excluding carboxylic acids is 1. The Bertz CT molecular complexity index is 1230. The number of rotatable bonds is 6. The van der Waals surface area contributed by atoms with Crippen LogP contribution in [0.2, 0.25) is 5.02 Å². The Balaban J connectivity index is 1.48. The Morgan fingerprint density at radius 1 is 1.03 bits per heavy atom. The van der Waals surface area contributed by atoms with Gasteiger partial charge in [0.25, 0.3) is 5.91 Å². The summed E-state index contributed by atoms with van der Waals surface area (Å²) in [5.41, 5.74) is 4.59. The summed E-state index contributed by atoms with van der Waals surface area (Å²) in [5.74, 6) is 0.0822. The number of hydrogen-bond donors (Lipinski definition) is 1. The monoisotopic (exact) mass is 497 g/mol. The van der Waals surface area contributed by atoms with Gasteiger partial charge in [0.1, 0.15) is 5.02 Å². The molecule has 0 aliphatic carbocycles. The molecule has 0 bridgehead atoms. The summed E-state index contributed by atoms with van der Waals surface area (Å²) in [6.07, 6.45) is 1.71. The zero-order valence-corrected chi connectivity index (χ0v) is 19.5. The highest BCUT2D eigenvalue weighted by Gasteiger charge is 2.14. The number of nitrogens with zero attached hydrogens (tertiary/aromatic N) is 4. The van der Waals surface area contributed by atoms with Crippen LogP contribution in [0, 0.1) is 13.8 Å². The molecular weight excluding hydrogens is 478 g/mol. The van der Waals surface area contributed by atoms with Crippen molar-refractivity contribution in [2.75, 3.05) is 5.32 Å². The third kappa shape index (κ3) is 4.89. The molecule has 0 spiro atoms. The number of benzene rings is 2. The Kier molecular flexibility index (Phi) is 6.25. The quantitative estimate of drug-likeness (QED) is 0.384. The third-order valence-electron chi connectivity index (χ3n) is 4.95. The molecule has 0 atom stereocenters. The summed E-state index contributed by atoms with van der Waals surface area (Å²) in [6.45, 7) is 5.11. The van der Waals surface area contributed by atoms with E-state index in [0.717, 1.165) is 27.0 Å². The second-order valence-corrected chi connectivity index (χ2v) is 8.51. The molecule has 0 unspecified atom stereocenters. The van der Waals surface area contributed by atoms with Crippen LogP contribution in [-0.4, -0.2) is 25.5 Å². The minimum Gasteiger partial charge on any atom is -0.304 e. The maximum absolute atomic E-state index is 12.8. The van der Waals surface area contributed by atoms with E-state index >= 15 is 0 Å². The Morgan fingerprint density at radius 3 is 2.48 bits per heavy atom. The first-order valence-electron chi connectivity index (χ1n) is 9.77. The highest BCUT2D eigenvalue weighted by atomic mass is 79.9. The molecule has 2 heterocycles. The second kappa shape index (κ2) is 9.08. The van der Waals surface area contributed by atoms with Crippen molar-refractivity contribution in [2.24, 2.45) is 0 Å². The Morgan fingerprint density at radius 2 is 1.77 bits per heavy atom. The standard InChI is InChI=1S/C23H21BrClN5O/c1-15-21(24)16(2)30(27-15)13-18-9-6-10-19(11-18)23(31)26-22-20(25)14-29(28-22)12-17-7-4-3-5-8-17/h3-11,14H,12-13H2,1-2H3,(H,26,28,31). The summed E-state index contributed by atoms with van der Waals surface area (Å²) in [7, 11) is 0. The van der Waals surface area contributed by atoms with E-state index in [1.54, 1.807) is 16.9 Å². The van der Waals surface area contributed by atoms with Gasteiger partial charge in [0, 0.05) is 11.8 Å². The zero-order chi connectivity index (χ0) is 22.0. The number of anilines is 1. The van der Waals surface area contributed by atoms with Gasteiger partial charge in [0.15, 0.2) is 5.82 Å². The minimum atomic E-state index is -0.261. The molecule has 31 heavy (non-hydrogen) atoms. The first-order chi connectivity index (χ1) is 14.9. The van der Waals surface area contributed by atoms with Crippen molar-refractivity contribution in [1.82, 2.24) is 19.6 Å². The fourth-order valence-electron chi connectivity index (χ4n) is 3.33. The molecule has 4 aromatic rings. The predicted octanol–water partition coefficient (Wildman–Crippen LogP) is 5.46. The van der Waals surface area contributed by atoms with Crippen LogP contribution in [-0.2, 0) is 13.1 Å². The van der Waals surface area contributed by atoms with Crippen LogP contribution in [0.4, 0.5) is 5.82 Å². The number of nitrogens with one attached hydrogen (secondary N) is 1. The van der Waals surface area contributed by atoms with Crippen LogP contribution in [0.25, 0.3) is 0 Å². The lowest BCUT2D eigenvalue weighted by Gasteiger charge is -2.08. The summed E-state index contributed by atoms with van der Waals surface area (Å²) in [5, 5.41) is 12.2. The molecule has 158 valence electrons. The number of carbonyl (C=O) groups is 1. The first kappa shape index (κ1) is 21.3. The SMILES string of the molecule is Cc1nn(Cc2cccc(C(=O)Nc3nn(Cc4ccccc4)cc3Cl)c2)c(C)c1Br. The van der Waals surface area contributed by atoms with Gasteiger partial charge in [-0.3, -0.25) is 14.2 Å². The molecule has 0 aliphatic heterocycles. The third-order valence-corrected chi connectivity index (χ3v) is 6.38. The van der Waals surface area contributed by atoms with Gasteiger partial charge in [-0.2, -0.15) is 10.2 Å². The fourth-order valence-corrected chi connectivity index (χ4v) is 3.81. The molecule has 0 radical (unpaired) electrons. The molecular formula is C23H21BrClN5O. The molecule has 0 aliphatic rings. The van der Waals surface area contributed by atoms with E-state index < -0.39 is 0 Å². The van der Waals surface area contributed by atoms with Crippen LogP contribution in [0.3, 0.4) is 0 Å². The van der Waals surface area contributed by atoms with Gasteiger partial charge in [0.2, 0.25) is 0 Å². The van der Waals surface area contributed by atoms with Crippen LogP contribution in [0.15, 0.2) is 65.3 Å². The van der Waals surface area contributed by atoms with Crippen molar-refractivity contribution >= 4 is 39.3 Å². The van der Waals surface area contributed by atoms with E-state index in [1.165, 1.54) is 0 Å². The summed E-state index contributed by atoms with van der Waals surface area (Å²) in [4.78, 5) is 12.8. The van der Waals surface area contributed by atoms with Gasteiger partial charge < -0.3 is 5.32 Å². The van der Waals surface area contributed by atoms with E-state index in [0.29, 0.717) is 29.5 Å². The smallest absolute Gasteiger partial charge is 0.256 e. The van der Waals surface area contributed by atoms with Crippen molar-refractivity contribution in [3.63, 3.8) is 0 Å². The molecule has 2 aromatic heterocycles. The molecule has 0 saturated carbocycles. The molecule has 6 nitrogen and oxygen atoms in total. The van der Waals surface area contributed by atoms with Crippen molar-refractivity contribution in [2.45, 2.75) is 26.9 Å². The molecule has 4 rings (SSSR count). The van der Waals surface area contributed by atoms with Gasteiger partial charge in [0.05, 0.1) is 29.0 Å². The largest absolute Gasteiger partial charge is 0.304 e. The van der Waals surface area contributed by atoms with E-state index in [2.05, 4.69) is 31.4 Å². The number of aromatic nitrogens is 4. The van der Waals surface area contributed by atoms with Gasteiger partial charge >= 0.3 is 0 Å².